The monoisotopic (exact) mass is 1170 g/mol. The third-order valence-corrected chi connectivity index (χ3v) is 13.2. The molecule has 7 nitrogen and oxygen atoms in total. The van der Waals surface area contributed by atoms with Crippen LogP contribution in [-0.2, 0) is 16.2 Å². The van der Waals surface area contributed by atoms with E-state index in [1.54, 1.807) is 42.5 Å². The second-order valence-electron chi connectivity index (χ2n) is 24.0. The van der Waals surface area contributed by atoms with E-state index in [2.05, 4.69) is 146 Å². The molecule has 0 radical (unpaired) electrons. The fourth-order valence-electron chi connectivity index (χ4n) is 7.00. The molecule has 430 valence electrons. The number of rotatable bonds is 6. The maximum Gasteiger partial charge on any atom is 0.213 e. The number of aryl methyl sites for hydroxylation is 3. The molecule has 79 heavy (non-hydrogen) atoms. The van der Waals surface area contributed by atoms with Crippen molar-refractivity contribution in [1.29, 1.82) is 0 Å². The zero-order valence-corrected chi connectivity index (χ0v) is 53.6. The molecule has 5 heterocycles. The maximum absolute atomic E-state index is 13.4. The number of aromatic nitrogens is 6. The predicted octanol–water partition coefficient (Wildman–Crippen LogP) is 20.2. The third kappa shape index (κ3) is 25.6. The fourth-order valence-corrected chi connectivity index (χ4v) is 7.49. The lowest BCUT2D eigenvalue weighted by Gasteiger charge is -2.19. The number of hydrogen-bond acceptors (Lipinski definition) is 7. The molecular weight excluding hydrogens is 1080 g/mol. The number of halogens is 5. The topological polar surface area (TPSA) is 86.6 Å². The molecule has 0 bridgehead atoms. The van der Waals surface area contributed by atoms with E-state index in [-0.39, 0.29) is 38.8 Å². The van der Waals surface area contributed by atoms with Crippen LogP contribution < -0.4 is 4.74 Å². The van der Waals surface area contributed by atoms with Crippen LogP contribution in [0.2, 0.25) is 5.02 Å². The molecule has 1 aliphatic carbocycles. The Hall–Kier alpha value is -5.52. The first-order valence-electron chi connectivity index (χ1n) is 27.4. The maximum atomic E-state index is 13.4. The zero-order valence-electron chi connectivity index (χ0n) is 51.3. The van der Waals surface area contributed by atoms with Crippen molar-refractivity contribution in [1.82, 2.24) is 29.9 Å². The second kappa shape index (κ2) is 32.7. The Bertz CT molecular complexity index is 2870. The summed E-state index contributed by atoms with van der Waals surface area (Å²) < 4.78 is 45.1. The van der Waals surface area contributed by atoms with Gasteiger partial charge in [0.15, 0.2) is 11.6 Å². The van der Waals surface area contributed by atoms with Gasteiger partial charge in [-0.1, -0.05) is 178 Å². The summed E-state index contributed by atoms with van der Waals surface area (Å²) in [6.07, 6.45) is 4.49. The van der Waals surface area contributed by atoms with E-state index in [4.69, 9.17) is 21.3 Å². The van der Waals surface area contributed by atoms with Gasteiger partial charge in [-0.3, -0.25) is 19.9 Å². The first kappa shape index (κ1) is 69.6. The quantitative estimate of drug-likeness (QED) is 0.153. The van der Waals surface area contributed by atoms with Crippen molar-refractivity contribution in [3.8, 4) is 5.75 Å². The standard InChI is InChI=1S/C12H17N.C10H12ClF.C10H13FO.C9H12FN.2C9H13N.C8H11BrN2/c1-12(2,3)11-6-4-5-10(13-11)9-7-8-9;1-10(2,3)7-5-4-6-8(11)9(7)12;1-7(2)8-5-4-6-9(12-3)10(8)11;1-9(2,3)7-5-4-6-8(10)11-7;2*1-7(2)9-6-4-5-8(3)10-9;1-5(2)7-4-10-6(3)8(9)11-7/h4-6,9H,7-8H2,1-3H3;4-6H,1-3H3;4-7H,1-3H3;4-6H,1-3H3;2*4-7H,1-3H3;4-5H,1-3H3. The molecule has 0 unspecified atom stereocenters. The summed E-state index contributed by atoms with van der Waals surface area (Å²) in [7, 11) is 1.47. The van der Waals surface area contributed by atoms with Crippen molar-refractivity contribution in [3.05, 3.63) is 205 Å². The largest absolute Gasteiger partial charge is 0.494 e. The van der Waals surface area contributed by atoms with E-state index in [9.17, 15) is 13.2 Å². The molecular formula is C67H91BrClF3N6O. The van der Waals surface area contributed by atoms with Gasteiger partial charge < -0.3 is 4.74 Å². The van der Waals surface area contributed by atoms with Gasteiger partial charge in [0, 0.05) is 62.8 Å². The smallest absolute Gasteiger partial charge is 0.213 e. The van der Waals surface area contributed by atoms with Crippen LogP contribution in [0.1, 0.15) is 223 Å². The summed E-state index contributed by atoms with van der Waals surface area (Å²) in [5, 5.41) is 0.197. The van der Waals surface area contributed by atoms with Gasteiger partial charge in [0.25, 0.3) is 0 Å². The molecule has 0 amide bonds. The molecule has 0 N–H and O–H groups in total. The molecule has 12 heteroatoms. The molecule has 5 aromatic heterocycles. The highest BCUT2D eigenvalue weighted by atomic mass is 79.9. The molecule has 0 spiro atoms. The first-order valence-corrected chi connectivity index (χ1v) is 28.6. The number of hydrogen-bond donors (Lipinski definition) is 0. The van der Waals surface area contributed by atoms with Crippen molar-refractivity contribution in [2.24, 2.45) is 0 Å². The summed E-state index contributed by atoms with van der Waals surface area (Å²) in [5.41, 5.74) is 11.1. The Kier molecular flexibility index (Phi) is 28.8. The third-order valence-electron chi connectivity index (χ3n) is 12.1. The zero-order chi connectivity index (χ0) is 60.0. The van der Waals surface area contributed by atoms with E-state index in [1.165, 1.54) is 48.8 Å². The molecule has 0 saturated heterocycles. The molecule has 8 rings (SSSR count). The minimum atomic E-state index is -0.405. The highest BCUT2D eigenvalue weighted by Crippen LogP contribution is 2.39. The average molecular weight is 1170 g/mol. The normalized spacial score (nSPS) is 12.0. The van der Waals surface area contributed by atoms with Crippen LogP contribution in [-0.4, -0.2) is 37.0 Å². The number of methoxy groups -OCH3 is 1. The molecule has 1 saturated carbocycles. The van der Waals surface area contributed by atoms with Crippen LogP contribution in [0.25, 0.3) is 0 Å². The molecule has 7 aromatic rings. The Morgan fingerprint density at radius 3 is 1.37 bits per heavy atom. The summed E-state index contributed by atoms with van der Waals surface area (Å²) >= 11 is 8.99. The fraction of sp³-hybridized carbons (Fsp3) is 0.463. The van der Waals surface area contributed by atoms with Crippen LogP contribution in [0, 0.1) is 38.4 Å². The van der Waals surface area contributed by atoms with Crippen molar-refractivity contribution in [3.63, 3.8) is 0 Å². The number of ether oxygens (including phenoxy) is 1. The van der Waals surface area contributed by atoms with Gasteiger partial charge >= 0.3 is 0 Å². The molecule has 2 aromatic carbocycles. The number of benzene rings is 2. The average Bonchev–Trinajstić information content (AvgIpc) is 4.23. The number of pyridine rings is 4. The van der Waals surface area contributed by atoms with E-state index in [0.717, 1.165) is 39.0 Å². The van der Waals surface area contributed by atoms with Gasteiger partial charge in [-0.2, -0.15) is 4.39 Å². The lowest BCUT2D eigenvalue weighted by Crippen LogP contribution is -2.13. The highest BCUT2D eigenvalue weighted by Gasteiger charge is 2.26. The van der Waals surface area contributed by atoms with Gasteiger partial charge in [0.1, 0.15) is 10.4 Å². The molecule has 0 atom stereocenters. The van der Waals surface area contributed by atoms with Crippen LogP contribution in [0.4, 0.5) is 13.2 Å². The van der Waals surface area contributed by atoms with Crippen LogP contribution >= 0.6 is 27.5 Å². The molecule has 0 aliphatic heterocycles. The van der Waals surface area contributed by atoms with Crippen LogP contribution in [0.5, 0.6) is 5.75 Å². The van der Waals surface area contributed by atoms with Crippen LogP contribution in [0.15, 0.2) is 120 Å². The van der Waals surface area contributed by atoms with Gasteiger partial charge in [-0.15, -0.1) is 0 Å². The lowest BCUT2D eigenvalue weighted by molar-refractivity contribution is 0.383. The lowest BCUT2D eigenvalue weighted by atomic mass is 9.87. The van der Waals surface area contributed by atoms with E-state index in [1.807, 2.05) is 101 Å². The Labute approximate surface area is 487 Å². The molecule has 1 aliphatic rings. The predicted molar refractivity (Wildman–Crippen MR) is 330 cm³/mol. The van der Waals surface area contributed by atoms with Crippen molar-refractivity contribution >= 4 is 27.5 Å². The van der Waals surface area contributed by atoms with Crippen LogP contribution in [0.3, 0.4) is 0 Å². The van der Waals surface area contributed by atoms with E-state index < -0.39 is 5.95 Å². The Morgan fingerprint density at radius 1 is 0.519 bits per heavy atom. The summed E-state index contributed by atoms with van der Waals surface area (Å²) in [4.78, 5) is 25.7. The van der Waals surface area contributed by atoms with Crippen molar-refractivity contribution in [2.45, 2.75) is 197 Å². The van der Waals surface area contributed by atoms with Crippen molar-refractivity contribution in [2.75, 3.05) is 7.11 Å². The number of nitrogens with zero attached hydrogens (tertiary/aromatic N) is 6. The Balaban J connectivity index is 0.000000316. The van der Waals surface area contributed by atoms with Gasteiger partial charge in [0.2, 0.25) is 5.95 Å². The summed E-state index contributed by atoms with van der Waals surface area (Å²) in [5.74, 6) is 1.86. The highest BCUT2D eigenvalue weighted by molar-refractivity contribution is 9.10. The Morgan fingerprint density at radius 2 is 0.987 bits per heavy atom. The SMILES string of the molecule is CC(C)(C)c1cccc(C2CC2)n1.CC(C)(C)c1cccc(Cl)c1F.CC(C)(C)c1cccc(F)n1.COc1cccc(C(C)C)c1F.Cc1cccc(C(C)C)n1.Cc1cccc(C(C)C)n1.Cc1ncc(C(C)C)nc1Br. The summed E-state index contributed by atoms with van der Waals surface area (Å²) in [6.45, 7) is 41.3. The van der Waals surface area contributed by atoms with Gasteiger partial charge in [-0.25, -0.2) is 18.7 Å². The van der Waals surface area contributed by atoms with E-state index >= 15 is 0 Å². The minimum absolute atomic E-state index is 0.0674. The van der Waals surface area contributed by atoms with E-state index in [0.29, 0.717) is 34.6 Å². The van der Waals surface area contributed by atoms with Gasteiger partial charge in [-0.05, 0) is 150 Å². The minimum Gasteiger partial charge on any atom is -0.494 e. The first-order chi connectivity index (χ1) is 36.7. The summed E-state index contributed by atoms with van der Waals surface area (Å²) in [6, 6.07) is 33.9. The van der Waals surface area contributed by atoms with Crippen molar-refractivity contribution < 1.29 is 17.9 Å². The second-order valence-corrected chi connectivity index (χ2v) is 25.1. The molecule has 1 fully saturated rings. The van der Waals surface area contributed by atoms with Gasteiger partial charge in [0.05, 0.1) is 23.5 Å².